The molecular formula is C22H27BrN2O3S. The van der Waals surface area contributed by atoms with Crippen LogP contribution in [0.15, 0.2) is 46.9 Å². The Morgan fingerprint density at radius 3 is 2.62 bits per heavy atom. The maximum absolute atomic E-state index is 12.4. The van der Waals surface area contributed by atoms with Gasteiger partial charge in [-0.1, -0.05) is 38.7 Å². The van der Waals surface area contributed by atoms with Crippen molar-refractivity contribution in [2.24, 2.45) is 0 Å². The Kier molecular flexibility index (Phi) is 9.94. The molecule has 0 saturated carbocycles. The molecule has 0 heterocycles. The number of hydrogen-bond donors (Lipinski definition) is 2. The third kappa shape index (κ3) is 8.03. The normalized spacial score (nSPS) is 10.3. The number of amides is 1. The molecule has 2 aromatic rings. The minimum atomic E-state index is -0.301. The molecule has 7 heteroatoms. The number of thiocarbonyl (C=S) groups is 1. The second kappa shape index (κ2) is 12.4. The van der Waals surface area contributed by atoms with Crippen molar-refractivity contribution in [1.29, 1.82) is 0 Å². The third-order valence-electron chi connectivity index (χ3n) is 4.25. The molecule has 0 aliphatic rings. The van der Waals surface area contributed by atoms with Crippen LogP contribution in [-0.4, -0.2) is 24.7 Å². The Bertz CT molecular complexity index is 829. The molecular weight excluding hydrogens is 452 g/mol. The molecule has 0 aliphatic carbocycles. The minimum Gasteiger partial charge on any atom is -0.496 e. The number of benzene rings is 2. The Morgan fingerprint density at radius 2 is 1.90 bits per heavy atom. The predicted octanol–water partition coefficient (Wildman–Crippen LogP) is 5.93. The summed E-state index contributed by atoms with van der Waals surface area (Å²) in [6.07, 6.45) is 5.99. The average Bonchev–Trinajstić information content (AvgIpc) is 2.70. The fourth-order valence-electron chi connectivity index (χ4n) is 2.70. The van der Waals surface area contributed by atoms with Gasteiger partial charge >= 0.3 is 0 Å². The number of unbranched alkanes of at least 4 members (excludes halogenated alkanes) is 4. The first kappa shape index (κ1) is 23.2. The molecule has 0 aromatic heterocycles. The van der Waals surface area contributed by atoms with Gasteiger partial charge in [-0.3, -0.25) is 10.1 Å². The number of halogens is 1. The van der Waals surface area contributed by atoms with Crippen molar-refractivity contribution in [3.8, 4) is 11.5 Å². The van der Waals surface area contributed by atoms with Crippen molar-refractivity contribution in [3.05, 3.63) is 52.5 Å². The van der Waals surface area contributed by atoms with E-state index in [1.165, 1.54) is 25.7 Å². The highest BCUT2D eigenvalue weighted by Crippen LogP contribution is 2.25. The summed E-state index contributed by atoms with van der Waals surface area (Å²) in [7, 11) is 1.57. The largest absolute Gasteiger partial charge is 0.496 e. The number of methoxy groups -OCH3 is 1. The topological polar surface area (TPSA) is 59.6 Å². The van der Waals surface area contributed by atoms with Gasteiger partial charge in [0, 0.05) is 17.3 Å². The maximum Gasteiger partial charge on any atom is 0.257 e. The Labute approximate surface area is 186 Å². The van der Waals surface area contributed by atoms with Crippen LogP contribution in [0.25, 0.3) is 0 Å². The summed E-state index contributed by atoms with van der Waals surface area (Å²) >= 11 is 8.64. The minimum absolute atomic E-state index is 0.221. The Balaban J connectivity index is 1.84. The van der Waals surface area contributed by atoms with E-state index < -0.39 is 0 Å². The van der Waals surface area contributed by atoms with Crippen molar-refractivity contribution >= 4 is 44.9 Å². The van der Waals surface area contributed by atoms with Gasteiger partial charge in [0.15, 0.2) is 5.11 Å². The highest BCUT2D eigenvalue weighted by molar-refractivity contribution is 9.10. The van der Waals surface area contributed by atoms with Crippen LogP contribution in [0.3, 0.4) is 0 Å². The van der Waals surface area contributed by atoms with E-state index in [0.29, 0.717) is 22.4 Å². The van der Waals surface area contributed by atoms with Gasteiger partial charge < -0.3 is 14.8 Å². The Morgan fingerprint density at radius 1 is 1.10 bits per heavy atom. The average molecular weight is 479 g/mol. The maximum atomic E-state index is 12.4. The molecule has 0 bridgehead atoms. The third-order valence-corrected chi connectivity index (χ3v) is 5.07. The van der Waals surface area contributed by atoms with Crippen LogP contribution < -0.4 is 20.1 Å². The molecule has 0 radical (unpaired) electrons. The SMILES string of the molecule is CCCCCCCOc1cccc(NC(=S)NC(=O)c2ccc(OC)c(Br)c2)c1. The lowest BCUT2D eigenvalue weighted by molar-refractivity contribution is 0.0977. The van der Waals surface area contributed by atoms with Crippen LogP contribution in [0.2, 0.25) is 0 Å². The van der Waals surface area contributed by atoms with E-state index in [1.807, 2.05) is 24.3 Å². The molecule has 0 saturated heterocycles. The first-order valence-corrected chi connectivity index (χ1v) is 10.9. The fourth-order valence-corrected chi connectivity index (χ4v) is 3.46. The monoisotopic (exact) mass is 478 g/mol. The molecule has 2 N–H and O–H groups in total. The number of anilines is 1. The van der Waals surface area contributed by atoms with Gasteiger partial charge in [-0.05, 0) is 64.9 Å². The van der Waals surface area contributed by atoms with Crippen molar-refractivity contribution in [3.63, 3.8) is 0 Å². The fraction of sp³-hybridized carbons (Fsp3) is 0.364. The number of rotatable bonds is 10. The standard InChI is InChI=1S/C22H27BrN2O3S/c1-3-4-5-6-7-13-28-18-10-8-9-17(15-18)24-22(29)25-21(26)16-11-12-20(27-2)19(23)14-16/h8-12,14-15H,3-7,13H2,1-2H3,(H2,24,25,26,29). The van der Waals surface area contributed by atoms with Crippen molar-refractivity contribution in [1.82, 2.24) is 5.32 Å². The van der Waals surface area contributed by atoms with Crippen LogP contribution >= 0.6 is 28.1 Å². The number of carbonyl (C=O) groups excluding carboxylic acids is 1. The summed E-state index contributed by atoms with van der Waals surface area (Å²) in [6, 6.07) is 12.6. The molecule has 1 amide bonds. The zero-order chi connectivity index (χ0) is 21.1. The van der Waals surface area contributed by atoms with Gasteiger partial charge in [0.25, 0.3) is 5.91 Å². The molecule has 29 heavy (non-hydrogen) atoms. The highest BCUT2D eigenvalue weighted by Gasteiger charge is 2.11. The predicted molar refractivity (Wildman–Crippen MR) is 125 cm³/mol. The summed E-state index contributed by atoms with van der Waals surface area (Å²) in [5.41, 5.74) is 1.23. The number of nitrogens with one attached hydrogen (secondary N) is 2. The van der Waals surface area contributed by atoms with Crippen molar-refractivity contribution < 1.29 is 14.3 Å². The number of carbonyl (C=O) groups is 1. The molecule has 0 spiro atoms. The second-order valence-corrected chi connectivity index (χ2v) is 7.81. The van der Waals surface area contributed by atoms with Gasteiger partial charge in [-0.15, -0.1) is 0 Å². The summed E-state index contributed by atoms with van der Waals surface area (Å²) in [5, 5.41) is 5.92. The van der Waals surface area contributed by atoms with Crippen molar-refractivity contribution in [2.75, 3.05) is 19.0 Å². The van der Waals surface area contributed by atoms with Crippen LogP contribution in [0.5, 0.6) is 11.5 Å². The van der Waals surface area contributed by atoms with E-state index in [2.05, 4.69) is 33.5 Å². The lowest BCUT2D eigenvalue weighted by atomic mass is 10.2. The van der Waals surface area contributed by atoms with E-state index in [1.54, 1.807) is 25.3 Å². The molecule has 5 nitrogen and oxygen atoms in total. The number of ether oxygens (including phenoxy) is 2. The highest BCUT2D eigenvalue weighted by atomic mass is 79.9. The van der Waals surface area contributed by atoms with Gasteiger partial charge in [-0.2, -0.15) is 0 Å². The lowest BCUT2D eigenvalue weighted by Gasteiger charge is -2.12. The van der Waals surface area contributed by atoms with Gasteiger partial charge in [0.2, 0.25) is 0 Å². The first-order chi connectivity index (χ1) is 14.0. The Hall–Kier alpha value is -2.12. The van der Waals surface area contributed by atoms with E-state index in [4.69, 9.17) is 21.7 Å². The zero-order valence-electron chi connectivity index (χ0n) is 16.8. The summed E-state index contributed by atoms with van der Waals surface area (Å²) in [4.78, 5) is 12.4. The summed E-state index contributed by atoms with van der Waals surface area (Å²) in [6.45, 7) is 2.90. The van der Waals surface area contributed by atoms with Crippen LogP contribution in [0, 0.1) is 0 Å². The molecule has 0 fully saturated rings. The van der Waals surface area contributed by atoms with Gasteiger partial charge in [0.05, 0.1) is 18.2 Å². The second-order valence-electron chi connectivity index (χ2n) is 6.55. The summed E-state index contributed by atoms with van der Waals surface area (Å²) < 4.78 is 11.7. The molecule has 0 aliphatic heterocycles. The van der Waals surface area contributed by atoms with Gasteiger partial charge in [-0.25, -0.2) is 0 Å². The van der Waals surface area contributed by atoms with Crippen LogP contribution in [-0.2, 0) is 0 Å². The summed E-state index contributed by atoms with van der Waals surface area (Å²) in [5.74, 6) is 1.13. The molecule has 0 unspecified atom stereocenters. The van der Waals surface area contributed by atoms with E-state index >= 15 is 0 Å². The van der Waals surface area contributed by atoms with Crippen LogP contribution in [0.4, 0.5) is 5.69 Å². The first-order valence-electron chi connectivity index (χ1n) is 9.72. The van der Waals surface area contributed by atoms with Crippen molar-refractivity contribution in [2.45, 2.75) is 39.0 Å². The van der Waals surface area contributed by atoms with Crippen LogP contribution in [0.1, 0.15) is 49.4 Å². The van der Waals surface area contributed by atoms with E-state index in [9.17, 15) is 4.79 Å². The zero-order valence-corrected chi connectivity index (χ0v) is 19.2. The molecule has 2 rings (SSSR count). The molecule has 2 aromatic carbocycles. The number of hydrogen-bond acceptors (Lipinski definition) is 4. The smallest absolute Gasteiger partial charge is 0.257 e. The lowest BCUT2D eigenvalue weighted by Crippen LogP contribution is -2.34. The quantitative estimate of drug-likeness (QED) is 0.327. The molecule has 156 valence electrons. The molecule has 0 atom stereocenters. The van der Waals surface area contributed by atoms with E-state index in [0.717, 1.165) is 17.9 Å². The van der Waals surface area contributed by atoms with Gasteiger partial charge in [0.1, 0.15) is 11.5 Å². The van der Waals surface area contributed by atoms with E-state index in [-0.39, 0.29) is 11.0 Å².